The van der Waals surface area contributed by atoms with Gasteiger partial charge in [0.2, 0.25) is 0 Å². The van der Waals surface area contributed by atoms with Crippen LogP contribution in [0.2, 0.25) is 0 Å². The Morgan fingerprint density at radius 2 is 0.723 bits per heavy atom. The SMILES string of the molecule is CCC(COCCN)COCC(COCC(COCC(CC)OCCCN)OCC(CC)OCCCN)OCC(CC)COCCN. The van der Waals surface area contributed by atoms with Crippen LogP contribution in [0.15, 0.2) is 0 Å². The topological polar surface area (TPSA) is 187 Å². The summed E-state index contributed by atoms with van der Waals surface area (Å²) in [4.78, 5) is 0. The van der Waals surface area contributed by atoms with Gasteiger partial charge in [-0.3, -0.25) is 0 Å². The fourth-order valence-corrected chi connectivity index (χ4v) is 4.30. The summed E-state index contributed by atoms with van der Waals surface area (Å²) in [6.45, 7) is 17.7. The molecule has 0 saturated heterocycles. The Kier molecular flexibility index (Phi) is 34.9. The zero-order valence-corrected chi connectivity index (χ0v) is 30.4. The minimum atomic E-state index is -0.289. The van der Waals surface area contributed by atoms with Crippen molar-refractivity contribution in [3.8, 4) is 0 Å². The highest BCUT2D eigenvalue weighted by Gasteiger charge is 2.20. The van der Waals surface area contributed by atoms with Crippen molar-refractivity contribution in [2.24, 2.45) is 34.8 Å². The van der Waals surface area contributed by atoms with Gasteiger partial charge < -0.3 is 65.6 Å². The summed E-state index contributed by atoms with van der Waals surface area (Å²) >= 11 is 0. The largest absolute Gasteiger partial charge is 0.380 e. The van der Waals surface area contributed by atoms with E-state index in [0.29, 0.717) is 119 Å². The van der Waals surface area contributed by atoms with Crippen LogP contribution in [0, 0.1) is 11.8 Å². The molecular weight excluding hydrogens is 608 g/mol. The van der Waals surface area contributed by atoms with Crippen LogP contribution in [0.25, 0.3) is 0 Å². The van der Waals surface area contributed by atoms with E-state index in [-0.39, 0.29) is 36.3 Å². The summed E-state index contributed by atoms with van der Waals surface area (Å²) in [6, 6.07) is 0. The molecule has 13 heteroatoms. The van der Waals surface area contributed by atoms with E-state index in [0.717, 1.165) is 38.5 Å². The van der Waals surface area contributed by atoms with Crippen molar-refractivity contribution in [1.82, 2.24) is 0 Å². The smallest absolute Gasteiger partial charge is 0.104 e. The van der Waals surface area contributed by atoms with Gasteiger partial charge in [-0.25, -0.2) is 0 Å². The van der Waals surface area contributed by atoms with Gasteiger partial charge in [0.1, 0.15) is 12.2 Å². The van der Waals surface area contributed by atoms with Gasteiger partial charge in [0.25, 0.3) is 0 Å². The first-order chi connectivity index (χ1) is 23.0. The molecule has 6 atom stereocenters. The highest BCUT2D eigenvalue weighted by atomic mass is 16.6. The molecule has 8 N–H and O–H groups in total. The van der Waals surface area contributed by atoms with Crippen molar-refractivity contribution in [3.05, 3.63) is 0 Å². The third kappa shape index (κ3) is 27.9. The van der Waals surface area contributed by atoms with Crippen molar-refractivity contribution in [1.29, 1.82) is 0 Å². The van der Waals surface area contributed by atoms with Crippen LogP contribution in [-0.4, -0.2) is 143 Å². The molecule has 0 bridgehead atoms. The Morgan fingerprint density at radius 3 is 1.15 bits per heavy atom. The minimum absolute atomic E-state index is 0.00836. The predicted molar refractivity (Wildman–Crippen MR) is 187 cm³/mol. The molecule has 0 fully saturated rings. The molecule has 0 aromatic carbocycles. The first-order valence-corrected chi connectivity index (χ1v) is 18.2. The van der Waals surface area contributed by atoms with E-state index in [2.05, 4.69) is 27.7 Å². The molecule has 284 valence electrons. The van der Waals surface area contributed by atoms with E-state index >= 15 is 0 Å². The zero-order valence-electron chi connectivity index (χ0n) is 30.4. The summed E-state index contributed by atoms with van der Waals surface area (Å²) in [7, 11) is 0. The molecule has 0 amide bonds. The number of hydrogen-bond donors (Lipinski definition) is 4. The monoisotopic (exact) mass is 683 g/mol. The van der Waals surface area contributed by atoms with Crippen molar-refractivity contribution in [2.75, 3.05) is 119 Å². The molecule has 0 saturated carbocycles. The molecule has 0 radical (unpaired) electrons. The third-order valence-electron chi connectivity index (χ3n) is 7.66. The van der Waals surface area contributed by atoms with Crippen LogP contribution >= 0.6 is 0 Å². The summed E-state index contributed by atoms with van der Waals surface area (Å²) in [5, 5.41) is 0. The molecule has 0 aromatic rings. The Bertz CT molecular complexity index is 580. The molecule has 13 nitrogen and oxygen atoms in total. The fraction of sp³-hybridized carbons (Fsp3) is 1.00. The maximum Gasteiger partial charge on any atom is 0.104 e. The maximum atomic E-state index is 6.33. The number of nitrogens with two attached hydrogens (primary N) is 4. The first kappa shape index (κ1) is 46.5. The number of rotatable bonds is 38. The van der Waals surface area contributed by atoms with Crippen LogP contribution in [0.1, 0.15) is 66.2 Å². The average Bonchev–Trinajstić information content (AvgIpc) is 3.09. The molecule has 0 aliphatic carbocycles. The van der Waals surface area contributed by atoms with Crippen molar-refractivity contribution < 1.29 is 42.6 Å². The van der Waals surface area contributed by atoms with Gasteiger partial charge in [-0.2, -0.15) is 0 Å². The first-order valence-electron chi connectivity index (χ1n) is 18.2. The molecule has 0 aliphatic rings. The van der Waals surface area contributed by atoms with E-state index in [1.54, 1.807) is 0 Å². The van der Waals surface area contributed by atoms with Gasteiger partial charge in [0, 0.05) is 38.1 Å². The Hall–Kier alpha value is -0.520. The van der Waals surface area contributed by atoms with Gasteiger partial charge in [0.15, 0.2) is 0 Å². The summed E-state index contributed by atoms with van der Waals surface area (Å²) < 4.78 is 54.2. The summed E-state index contributed by atoms with van der Waals surface area (Å²) in [5.74, 6) is 0.543. The second kappa shape index (κ2) is 35.3. The van der Waals surface area contributed by atoms with Crippen LogP contribution in [0.4, 0.5) is 0 Å². The molecule has 0 aromatic heterocycles. The second-order valence-corrected chi connectivity index (χ2v) is 11.9. The van der Waals surface area contributed by atoms with Crippen LogP contribution in [0.5, 0.6) is 0 Å². The Labute approximate surface area is 286 Å². The van der Waals surface area contributed by atoms with Gasteiger partial charge in [-0.1, -0.05) is 27.7 Å². The van der Waals surface area contributed by atoms with Crippen molar-refractivity contribution >= 4 is 0 Å². The van der Waals surface area contributed by atoms with Gasteiger partial charge >= 0.3 is 0 Å². The number of hydrogen-bond acceptors (Lipinski definition) is 13. The quantitative estimate of drug-likeness (QED) is 0.0694. The third-order valence-corrected chi connectivity index (χ3v) is 7.66. The van der Waals surface area contributed by atoms with Gasteiger partial charge in [-0.15, -0.1) is 0 Å². The molecular formula is C34H74N4O9. The van der Waals surface area contributed by atoms with Crippen molar-refractivity contribution in [3.63, 3.8) is 0 Å². The van der Waals surface area contributed by atoms with Crippen molar-refractivity contribution in [2.45, 2.75) is 90.6 Å². The van der Waals surface area contributed by atoms with Crippen LogP contribution in [0.3, 0.4) is 0 Å². The predicted octanol–water partition coefficient (Wildman–Crippen LogP) is 2.10. The lowest BCUT2D eigenvalue weighted by molar-refractivity contribution is -0.122. The molecule has 0 spiro atoms. The molecule has 0 heterocycles. The van der Waals surface area contributed by atoms with E-state index in [9.17, 15) is 0 Å². The minimum Gasteiger partial charge on any atom is -0.380 e. The normalized spacial score (nSPS) is 15.8. The lowest BCUT2D eigenvalue weighted by Gasteiger charge is -2.25. The van der Waals surface area contributed by atoms with Crippen LogP contribution < -0.4 is 22.9 Å². The molecule has 0 rings (SSSR count). The van der Waals surface area contributed by atoms with E-state index in [4.69, 9.17) is 65.6 Å². The van der Waals surface area contributed by atoms with E-state index < -0.39 is 0 Å². The molecule has 0 aliphatic heterocycles. The second-order valence-electron chi connectivity index (χ2n) is 11.9. The highest BCUT2D eigenvalue weighted by Crippen LogP contribution is 2.11. The lowest BCUT2D eigenvalue weighted by Crippen LogP contribution is -2.35. The zero-order chi connectivity index (χ0) is 34.8. The molecule has 6 unspecified atom stereocenters. The molecule has 47 heavy (non-hydrogen) atoms. The van der Waals surface area contributed by atoms with E-state index in [1.165, 1.54) is 0 Å². The lowest BCUT2D eigenvalue weighted by atomic mass is 10.1. The summed E-state index contributed by atoms with van der Waals surface area (Å²) in [5.41, 5.74) is 22.4. The fourth-order valence-electron chi connectivity index (χ4n) is 4.30. The Morgan fingerprint density at radius 1 is 0.340 bits per heavy atom. The number of ether oxygens (including phenoxy) is 9. The standard InChI is InChI=1S/C34H74N4O9/c1-5-29(19-39-17-13-37)21-41-24-33(46-22-30(6-2)20-40-18-14-38)25-43-27-34(47-28-32(8-4)45-16-10-12-36)26-42-23-31(7-3)44-15-9-11-35/h29-34H,5-28,35-38H2,1-4H3. The van der Waals surface area contributed by atoms with Gasteiger partial charge in [-0.05, 0) is 51.6 Å². The maximum absolute atomic E-state index is 6.33. The van der Waals surface area contributed by atoms with Crippen LogP contribution in [-0.2, 0) is 42.6 Å². The van der Waals surface area contributed by atoms with E-state index in [1.807, 2.05) is 0 Å². The summed E-state index contributed by atoms with van der Waals surface area (Å²) in [6.07, 6.45) is 4.65. The Balaban J connectivity index is 5.24. The highest BCUT2D eigenvalue weighted by molar-refractivity contribution is 4.66. The average molecular weight is 683 g/mol. The van der Waals surface area contributed by atoms with Gasteiger partial charge in [0.05, 0.1) is 91.5 Å².